The largest absolute Gasteiger partial charge is 0.360 e. The Morgan fingerprint density at radius 3 is 2.44 bits per heavy atom. The Kier molecular flexibility index (Phi) is 5.95. The van der Waals surface area contributed by atoms with E-state index in [-0.39, 0.29) is 24.4 Å². The molecule has 0 radical (unpaired) electrons. The van der Waals surface area contributed by atoms with Crippen molar-refractivity contribution in [2.75, 3.05) is 13.1 Å². The van der Waals surface area contributed by atoms with Gasteiger partial charge in [0.25, 0.3) is 5.91 Å². The Morgan fingerprint density at radius 1 is 1.28 bits per heavy atom. The van der Waals surface area contributed by atoms with E-state index in [2.05, 4.69) is 12.1 Å². The zero-order chi connectivity index (χ0) is 17.4. The fourth-order valence-corrected chi connectivity index (χ4v) is 3.59. The molecule has 0 aromatic carbocycles. The molecule has 2 aromatic rings. The number of carbonyl (C=O) groups excluding carboxylic acids is 1. The summed E-state index contributed by atoms with van der Waals surface area (Å²) in [6, 6.07) is 4.02. The molecule has 1 aliphatic rings. The van der Waals surface area contributed by atoms with Crippen LogP contribution in [0.2, 0.25) is 0 Å². The van der Waals surface area contributed by atoms with Crippen molar-refractivity contribution in [2.24, 2.45) is 11.7 Å². The standard InChI is InChI=1S/C18H26N4O2.ClH/c1-11-9-16(14(4)22(11)17-10-12(2)24-20-17)18(23)21-7-5-15(6-8-21)13(3)19;/h9-10,13,15H,5-8,19H2,1-4H3;1H. The fraction of sp³-hybridized carbons (Fsp3) is 0.556. The maximum Gasteiger partial charge on any atom is 0.255 e. The van der Waals surface area contributed by atoms with Crippen molar-refractivity contribution in [1.29, 1.82) is 0 Å². The summed E-state index contributed by atoms with van der Waals surface area (Å²) in [4.78, 5) is 14.9. The summed E-state index contributed by atoms with van der Waals surface area (Å²) >= 11 is 0. The van der Waals surface area contributed by atoms with E-state index in [0.29, 0.717) is 5.92 Å². The van der Waals surface area contributed by atoms with Crippen LogP contribution in [0.15, 0.2) is 16.7 Å². The predicted octanol–water partition coefficient (Wildman–Crippen LogP) is 3.01. The van der Waals surface area contributed by atoms with Crippen molar-refractivity contribution in [3.8, 4) is 5.82 Å². The summed E-state index contributed by atoms with van der Waals surface area (Å²) in [6.07, 6.45) is 1.95. The number of nitrogens with two attached hydrogens (primary N) is 1. The van der Waals surface area contributed by atoms with Gasteiger partial charge in [-0.25, -0.2) is 0 Å². The van der Waals surface area contributed by atoms with Crippen molar-refractivity contribution in [3.63, 3.8) is 0 Å². The van der Waals surface area contributed by atoms with E-state index >= 15 is 0 Å². The van der Waals surface area contributed by atoms with Gasteiger partial charge in [-0.15, -0.1) is 12.4 Å². The van der Waals surface area contributed by atoms with Crippen molar-refractivity contribution in [3.05, 3.63) is 34.8 Å². The zero-order valence-corrected chi connectivity index (χ0v) is 16.1. The van der Waals surface area contributed by atoms with Gasteiger partial charge in [0.2, 0.25) is 0 Å². The SMILES string of the molecule is Cc1cc(-n2c(C)cc(C(=O)N3CCC(C(C)N)CC3)c2C)no1.Cl. The molecule has 2 aromatic heterocycles. The maximum absolute atomic E-state index is 12.9. The molecule has 1 atom stereocenters. The molecule has 0 bridgehead atoms. The zero-order valence-electron chi connectivity index (χ0n) is 15.3. The minimum atomic E-state index is 0. The van der Waals surface area contributed by atoms with Crippen LogP contribution in [0, 0.1) is 26.7 Å². The van der Waals surface area contributed by atoms with E-state index in [1.54, 1.807) is 0 Å². The van der Waals surface area contributed by atoms with E-state index in [4.69, 9.17) is 10.3 Å². The highest BCUT2D eigenvalue weighted by atomic mass is 35.5. The number of nitrogens with zero attached hydrogens (tertiary/aromatic N) is 3. The van der Waals surface area contributed by atoms with Crippen LogP contribution in [-0.2, 0) is 0 Å². The van der Waals surface area contributed by atoms with E-state index < -0.39 is 0 Å². The molecule has 2 N–H and O–H groups in total. The number of carbonyl (C=O) groups is 1. The molecule has 1 saturated heterocycles. The number of amides is 1. The van der Waals surface area contributed by atoms with Crippen LogP contribution in [0.4, 0.5) is 0 Å². The molecule has 0 saturated carbocycles. The van der Waals surface area contributed by atoms with Crippen LogP contribution in [0.25, 0.3) is 5.82 Å². The third-order valence-corrected chi connectivity index (χ3v) is 5.08. The second-order valence-corrected chi connectivity index (χ2v) is 6.90. The van der Waals surface area contributed by atoms with Gasteiger partial charge >= 0.3 is 0 Å². The van der Waals surface area contributed by atoms with E-state index in [9.17, 15) is 4.79 Å². The van der Waals surface area contributed by atoms with Crippen LogP contribution < -0.4 is 5.73 Å². The number of likely N-dealkylation sites (tertiary alicyclic amines) is 1. The van der Waals surface area contributed by atoms with Gasteiger partial charge in [-0.3, -0.25) is 9.36 Å². The minimum absolute atomic E-state index is 0. The Bertz CT molecular complexity index is 742. The number of piperidine rings is 1. The molecule has 1 aliphatic heterocycles. The topological polar surface area (TPSA) is 77.3 Å². The van der Waals surface area contributed by atoms with Crippen LogP contribution in [0.3, 0.4) is 0 Å². The Morgan fingerprint density at radius 2 is 1.92 bits per heavy atom. The smallest absolute Gasteiger partial charge is 0.255 e. The molecule has 1 amide bonds. The quantitative estimate of drug-likeness (QED) is 0.905. The van der Waals surface area contributed by atoms with Crippen molar-refractivity contribution in [1.82, 2.24) is 14.6 Å². The monoisotopic (exact) mass is 366 g/mol. The Hall–Kier alpha value is -1.79. The first-order valence-corrected chi connectivity index (χ1v) is 8.56. The van der Waals surface area contributed by atoms with Crippen LogP contribution in [0.5, 0.6) is 0 Å². The van der Waals surface area contributed by atoms with Gasteiger partial charge in [0.05, 0.1) is 5.56 Å². The van der Waals surface area contributed by atoms with Gasteiger partial charge in [0.15, 0.2) is 5.82 Å². The molecule has 3 heterocycles. The first kappa shape index (κ1) is 19.5. The van der Waals surface area contributed by atoms with Gasteiger partial charge < -0.3 is 15.2 Å². The number of aromatic nitrogens is 2. The van der Waals surface area contributed by atoms with Gasteiger partial charge in [-0.1, -0.05) is 5.16 Å². The van der Waals surface area contributed by atoms with Gasteiger partial charge in [-0.05, 0) is 52.5 Å². The first-order chi connectivity index (χ1) is 11.4. The first-order valence-electron chi connectivity index (χ1n) is 8.56. The normalized spacial score (nSPS) is 16.6. The van der Waals surface area contributed by atoms with Gasteiger partial charge in [-0.2, -0.15) is 0 Å². The summed E-state index contributed by atoms with van der Waals surface area (Å²) in [5, 5.41) is 4.07. The number of rotatable bonds is 3. The second kappa shape index (κ2) is 7.62. The summed E-state index contributed by atoms with van der Waals surface area (Å²) < 4.78 is 7.14. The van der Waals surface area contributed by atoms with Gasteiger partial charge in [0, 0.05) is 36.6 Å². The average Bonchev–Trinajstić information content (AvgIpc) is 3.09. The highest BCUT2D eigenvalue weighted by Gasteiger charge is 2.28. The molecular weight excluding hydrogens is 340 g/mol. The fourth-order valence-electron chi connectivity index (χ4n) is 3.59. The molecule has 7 heteroatoms. The summed E-state index contributed by atoms with van der Waals surface area (Å²) in [5.74, 6) is 2.08. The molecule has 3 rings (SSSR count). The van der Waals surface area contributed by atoms with Crippen LogP contribution >= 0.6 is 12.4 Å². The van der Waals surface area contributed by atoms with E-state index in [0.717, 1.165) is 54.5 Å². The number of halogens is 1. The highest BCUT2D eigenvalue weighted by molar-refractivity contribution is 5.96. The molecule has 1 fully saturated rings. The number of hydrogen-bond donors (Lipinski definition) is 1. The average molecular weight is 367 g/mol. The number of hydrogen-bond acceptors (Lipinski definition) is 4. The van der Waals surface area contributed by atoms with Gasteiger partial charge in [0.1, 0.15) is 5.76 Å². The molecule has 6 nitrogen and oxygen atoms in total. The molecular formula is C18H27ClN4O2. The highest BCUT2D eigenvalue weighted by Crippen LogP contribution is 2.25. The van der Waals surface area contributed by atoms with Crippen LogP contribution in [0.1, 0.15) is 47.3 Å². The van der Waals surface area contributed by atoms with E-state index in [1.165, 1.54) is 0 Å². The van der Waals surface area contributed by atoms with E-state index in [1.807, 2.05) is 42.4 Å². The summed E-state index contributed by atoms with van der Waals surface area (Å²) in [5.41, 5.74) is 8.62. The third-order valence-electron chi connectivity index (χ3n) is 5.08. The Balaban J connectivity index is 0.00000225. The maximum atomic E-state index is 12.9. The molecule has 1 unspecified atom stereocenters. The summed E-state index contributed by atoms with van der Waals surface area (Å²) in [7, 11) is 0. The molecule has 0 aliphatic carbocycles. The lowest BCUT2D eigenvalue weighted by atomic mass is 9.90. The lowest BCUT2D eigenvalue weighted by Gasteiger charge is -2.33. The number of aryl methyl sites for hydroxylation is 2. The lowest BCUT2D eigenvalue weighted by molar-refractivity contribution is 0.0680. The summed E-state index contributed by atoms with van der Waals surface area (Å²) in [6.45, 7) is 9.40. The predicted molar refractivity (Wildman–Crippen MR) is 99.6 cm³/mol. The molecule has 138 valence electrons. The van der Waals surface area contributed by atoms with Crippen molar-refractivity contribution >= 4 is 18.3 Å². The second-order valence-electron chi connectivity index (χ2n) is 6.90. The lowest BCUT2D eigenvalue weighted by Crippen LogP contribution is -2.42. The third kappa shape index (κ3) is 3.75. The molecule has 25 heavy (non-hydrogen) atoms. The van der Waals surface area contributed by atoms with Crippen molar-refractivity contribution in [2.45, 2.75) is 46.6 Å². The minimum Gasteiger partial charge on any atom is -0.360 e. The van der Waals surface area contributed by atoms with Crippen LogP contribution in [-0.4, -0.2) is 39.7 Å². The molecule has 0 spiro atoms. The Labute approximate surface area is 154 Å². The van der Waals surface area contributed by atoms with Crippen molar-refractivity contribution < 1.29 is 9.32 Å².